The lowest BCUT2D eigenvalue weighted by atomic mass is 10.0. The van der Waals surface area contributed by atoms with Gasteiger partial charge in [0.1, 0.15) is 5.75 Å². The van der Waals surface area contributed by atoms with Crippen LogP contribution in [0.2, 0.25) is 0 Å². The Bertz CT molecular complexity index is 369. The monoisotopic (exact) mass is 237 g/mol. The molecule has 0 aromatic heterocycles. The number of ether oxygens (including phenoxy) is 2. The number of rotatable bonds is 4. The predicted octanol–water partition coefficient (Wildman–Crippen LogP) is 2.82. The molecule has 1 atom stereocenters. The maximum atomic E-state index is 6.14. The van der Waals surface area contributed by atoms with Crippen LogP contribution in [0.15, 0.2) is 18.2 Å². The van der Waals surface area contributed by atoms with Gasteiger partial charge in [-0.3, -0.25) is 0 Å². The standard InChI is InChI=1S/C14H23NO2/c1-10-6-7-13(16-5)11(8-10)12(15)9-17-14(2,3)4/h6-8,12H,9,15H2,1-5H3. The molecule has 0 bridgehead atoms. The van der Waals surface area contributed by atoms with E-state index in [0.717, 1.165) is 11.3 Å². The van der Waals surface area contributed by atoms with E-state index in [4.69, 9.17) is 15.2 Å². The number of aryl methyl sites for hydroxylation is 1. The van der Waals surface area contributed by atoms with Crippen LogP contribution in [-0.2, 0) is 4.74 Å². The molecular weight excluding hydrogens is 214 g/mol. The number of hydrogen-bond donors (Lipinski definition) is 1. The van der Waals surface area contributed by atoms with E-state index in [-0.39, 0.29) is 11.6 Å². The SMILES string of the molecule is COc1ccc(C)cc1C(N)COC(C)(C)C. The first-order valence-electron chi connectivity index (χ1n) is 5.87. The molecule has 0 aliphatic heterocycles. The van der Waals surface area contributed by atoms with E-state index in [1.807, 2.05) is 39.8 Å². The van der Waals surface area contributed by atoms with Gasteiger partial charge < -0.3 is 15.2 Å². The molecule has 0 saturated carbocycles. The van der Waals surface area contributed by atoms with Crippen molar-refractivity contribution in [3.05, 3.63) is 29.3 Å². The van der Waals surface area contributed by atoms with Gasteiger partial charge in [0.2, 0.25) is 0 Å². The van der Waals surface area contributed by atoms with Gasteiger partial charge in [0, 0.05) is 5.56 Å². The van der Waals surface area contributed by atoms with Crippen molar-refractivity contribution in [1.29, 1.82) is 0 Å². The third kappa shape index (κ3) is 4.36. The van der Waals surface area contributed by atoms with Crippen LogP contribution in [0.5, 0.6) is 5.75 Å². The second kappa shape index (κ2) is 5.52. The van der Waals surface area contributed by atoms with Gasteiger partial charge in [-0.05, 0) is 33.8 Å². The average molecular weight is 237 g/mol. The molecule has 17 heavy (non-hydrogen) atoms. The predicted molar refractivity (Wildman–Crippen MR) is 70.4 cm³/mol. The Kier molecular flexibility index (Phi) is 4.54. The van der Waals surface area contributed by atoms with Crippen LogP contribution < -0.4 is 10.5 Å². The Labute approximate surface area is 104 Å². The van der Waals surface area contributed by atoms with Gasteiger partial charge in [-0.1, -0.05) is 17.7 Å². The summed E-state index contributed by atoms with van der Waals surface area (Å²) in [5.41, 5.74) is 8.14. The summed E-state index contributed by atoms with van der Waals surface area (Å²) in [5, 5.41) is 0. The summed E-state index contributed by atoms with van der Waals surface area (Å²) in [6.07, 6.45) is 0. The molecule has 1 aromatic carbocycles. The van der Waals surface area contributed by atoms with Crippen LogP contribution in [0.3, 0.4) is 0 Å². The largest absolute Gasteiger partial charge is 0.496 e. The number of nitrogens with two attached hydrogens (primary N) is 1. The Balaban J connectivity index is 2.80. The quantitative estimate of drug-likeness (QED) is 0.875. The summed E-state index contributed by atoms with van der Waals surface area (Å²) >= 11 is 0. The zero-order valence-electron chi connectivity index (χ0n) is 11.4. The third-order valence-corrected chi connectivity index (χ3v) is 2.48. The molecule has 0 aliphatic rings. The summed E-state index contributed by atoms with van der Waals surface area (Å²) < 4.78 is 11.0. The third-order valence-electron chi connectivity index (χ3n) is 2.48. The van der Waals surface area contributed by atoms with Gasteiger partial charge in [-0.15, -0.1) is 0 Å². The Morgan fingerprint density at radius 2 is 1.94 bits per heavy atom. The molecule has 0 radical (unpaired) electrons. The van der Waals surface area contributed by atoms with E-state index in [0.29, 0.717) is 6.61 Å². The van der Waals surface area contributed by atoms with Crippen molar-refractivity contribution in [3.63, 3.8) is 0 Å². The first-order chi connectivity index (χ1) is 7.83. The Hall–Kier alpha value is -1.06. The molecule has 96 valence electrons. The van der Waals surface area contributed by atoms with Crippen molar-refractivity contribution >= 4 is 0 Å². The first-order valence-corrected chi connectivity index (χ1v) is 5.87. The molecule has 2 N–H and O–H groups in total. The summed E-state index contributed by atoms with van der Waals surface area (Å²) in [5.74, 6) is 0.820. The van der Waals surface area contributed by atoms with Crippen LogP contribution in [0, 0.1) is 6.92 Å². The molecule has 0 amide bonds. The highest BCUT2D eigenvalue weighted by atomic mass is 16.5. The molecule has 3 nitrogen and oxygen atoms in total. The maximum Gasteiger partial charge on any atom is 0.123 e. The van der Waals surface area contributed by atoms with Gasteiger partial charge in [0.25, 0.3) is 0 Å². The minimum atomic E-state index is -0.172. The molecule has 0 saturated heterocycles. The smallest absolute Gasteiger partial charge is 0.123 e. The highest BCUT2D eigenvalue weighted by Crippen LogP contribution is 2.26. The maximum absolute atomic E-state index is 6.14. The first kappa shape index (κ1) is 14.0. The minimum absolute atomic E-state index is 0.163. The minimum Gasteiger partial charge on any atom is -0.496 e. The number of hydrogen-bond acceptors (Lipinski definition) is 3. The molecule has 3 heteroatoms. The molecule has 0 spiro atoms. The fraction of sp³-hybridized carbons (Fsp3) is 0.571. The van der Waals surface area contributed by atoms with Gasteiger partial charge in [-0.25, -0.2) is 0 Å². The van der Waals surface area contributed by atoms with Crippen LogP contribution in [0.25, 0.3) is 0 Å². The van der Waals surface area contributed by atoms with Gasteiger partial charge in [0.15, 0.2) is 0 Å². The van der Waals surface area contributed by atoms with Crippen LogP contribution in [0.4, 0.5) is 0 Å². The van der Waals surface area contributed by atoms with Crippen molar-refractivity contribution in [1.82, 2.24) is 0 Å². The topological polar surface area (TPSA) is 44.5 Å². The molecule has 1 aromatic rings. The van der Waals surface area contributed by atoms with Crippen molar-refractivity contribution in [3.8, 4) is 5.75 Å². The second-order valence-electron chi connectivity index (χ2n) is 5.28. The van der Waals surface area contributed by atoms with Crippen molar-refractivity contribution in [2.75, 3.05) is 13.7 Å². The van der Waals surface area contributed by atoms with E-state index < -0.39 is 0 Å². The van der Waals surface area contributed by atoms with E-state index in [2.05, 4.69) is 6.07 Å². The van der Waals surface area contributed by atoms with E-state index in [1.165, 1.54) is 5.56 Å². The average Bonchev–Trinajstić information content (AvgIpc) is 2.25. The van der Waals surface area contributed by atoms with Crippen molar-refractivity contribution < 1.29 is 9.47 Å². The number of methoxy groups -OCH3 is 1. The van der Waals surface area contributed by atoms with Crippen LogP contribution in [0.1, 0.15) is 37.9 Å². The lowest BCUT2D eigenvalue weighted by Gasteiger charge is -2.23. The molecule has 1 unspecified atom stereocenters. The summed E-state index contributed by atoms with van der Waals surface area (Å²) in [4.78, 5) is 0. The van der Waals surface area contributed by atoms with Crippen LogP contribution in [-0.4, -0.2) is 19.3 Å². The van der Waals surface area contributed by atoms with Gasteiger partial charge in [0.05, 0.1) is 25.4 Å². The second-order valence-corrected chi connectivity index (χ2v) is 5.28. The molecular formula is C14H23NO2. The fourth-order valence-corrected chi connectivity index (χ4v) is 1.57. The van der Waals surface area contributed by atoms with E-state index in [9.17, 15) is 0 Å². The fourth-order valence-electron chi connectivity index (χ4n) is 1.57. The molecule has 0 fully saturated rings. The molecule has 0 heterocycles. The Morgan fingerprint density at radius 1 is 1.29 bits per heavy atom. The van der Waals surface area contributed by atoms with Gasteiger partial charge in [-0.2, -0.15) is 0 Å². The highest BCUT2D eigenvalue weighted by molar-refractivity contribution is 5.39. The summed E-state index contributed by atoms with van der Waals surface area (Å²) in [7, 11) is 1.66. The van der Waals surface area contributed by atoms with Crippen molar-refractivity contribution in [2.24, 2.45) is 5.73 Å². The van der Waals surface area contributed by atoms with Crippen molar-refractivity contribution in [2.45, 2.75) is 39.3 Å². The van der Waals surface area contributed by atoms with E-state index in [1.54, 1.807) is 7.11 Å². The van der Waals surface area contributed by atoms with E-state index >= 15 is 0 Å². The molecule has 1 rings (SSSR count). The normalized spacial score (nSPS) is 13.5. The molecule has 0 aliphatic carbocycles. The van der Waals surface area contributed by atoms with Gasteiger partial charge >= 0.3 is 0 Å². The number of benzene rings is 1. The zero-order chi connectivity index (χ0) is 13.1. The lowest BCUT2D eigenvalue weighted by molar-refractivity contribution is -0.0104. The van der Waals surface area contributed by atoms with Crippen LogP contribution >= 0.6 is 0 Å². The Morgan fingerprint density at radius 3 is 2.47 bits per heavy atom. The highest BCUT2D eigenvalue weighted by Gasteiger charge is 2.16. The lowest BCUT2D eigenvalue weighted by Crippen LogP contribution is -2.26. The summed E-state index contributed by atoms with van der Waals surface area (Å²) in [6.45, 7) is 8.59. The zero-order valence-corrected chi connectivity index (χ0v) is 11.4. The summed E-state index contributed by atoms with van der Waals surface area (Å²) in [6, 6.07) is 5.85.